The summed E-state index contributed by atoms with van der Waals surface area (Å²) in [7, 11) is 0. The highest BCUT2D eigenvalue weighted by atomic mass is 16.5. The van der Waals surface area contributed by atoms with Crippen LogP contribution in [0.2, 0.25) is 0 Å². The van der Waals surface area contributed by atoms with E-state index in [1.807, 2.05) is 6.07 Å². The second kappa shape index (κ2) is 5.51. The van der Waals surface area contributed by atoms with Crippen molar-refractivity contribution < 1.29 is 4.74 Å². The van der Waals surface area contributed by atoms with Gasteiger partial charge in [0.05, 0.1) is 12.6 Å². The van der Waals surface area contributed by atoms with Crippen LogP contribution in [-0.2, 0) is 11.8 Å². The smallest absolute Gasteiger partial charge is 0.122 e. The molecular formula is C18H22N2O. The van der Waals surface area contributed by atoms with Gasteiger partial charge in [0.15, 0.2) is 0 Å². The molecule has 0 saturated heterocycles. The van der Waals surface area contributed by atoms with Crippen molar-refractivity contribution in [2.45, 2.75) is 31.7 Å². The number of rotatable bonds is 4. The fraction of sp³-hybridized carbons (Fsp3) is 0.333. The van der Waals surface area contributed by atoms with Crippen molar-refractivity contribution in [3.8, 4) is 5.75 Å². The Morgan fingerprint density at radius 1 is 1.14 bits per heavy atom. The predicted octanol–water partition coefficient (Wildman–Crippen LogP) is 3.10. The first-order chi connectivity index (χ1) is 10.1. The van der Waals surface area contributed by atoms with Crippen LogP contribution in [0.5, 0.6) is 5.75 Å². The summed E-state index contributed by atoms with van der Waals surface area (Å²) in [6, 6.07) is 16.9. The van der Waals surface area contributed by atoms with Gasteiger partial charge in [-0.15, -0.1) is 0 Å². The van der Waals surface area contributed by atoms with Gasteiger partial charge in [0.1, 0.15) is 5.75 Å². The van der Waals surface area contributed by atoms with Crippen LogP contribution in [0.3, 0.4) is 0 Å². The van der Waals surface area contributed by atoms with Gasteiger partial charge in [0.2, 0.25) is 0 Å². The summed E-state index contributed by atoms with van der Waals surface area (Å²) in [5, 5.41) is 0. The molecule has 1 aliphatic rings. The Labute approximate surface area is 126 Å². The Kier molecular flexibility index (Phi) is 3.70. The van der Waals surface area contributed by atoms with Gasteiger partial charge in [0, 0.05) is 11.8 Å². The molecule has 0 spiro atoms. The van der Waals surface area contributed by atoms with Gasteiger partial charge >= 0.3 is 0 Å². The molecule has 3 rings (SSSR count). The maximum Gasteiger partial charge on any atom is 0.122 e. The average molecular weight is 282 g/mol. The first kappa shape index (κ1) is 14.1. The Morgan fingerprint density at radius 3 is 2.62 bits per heavy atom. The van der Waals surface area contributed by atoms with Crippen LogP contribution in [0.1, 0.15) is 36.6 Å². The zero-order valence-corrected chi connectivity index (χ0v) is 12.6. The minimum atomic E-state index is -0.107. The monoisotopic (exact) mass is 282 g/mol. The van der Waals surface area contributed by atoms with Crippen molar-refractivity contribution in [2.75, 3.05) is 6.61 Å². The molecule has 3 heteroatoms. The van der Waals surface area contributed by atoms with E-state index < -0.39 is 0 Å². The molecule has 3 N–H and O–H groups in total. The standard InChI is InChI=1S/C18H22N2O/c1-18(2,15-6-4-3-5-7-15)17(20-19)14-8-9-16-13(12-14)10-11-21-16/h3-9,12,17,20H,10-11,19H2,1-2H3. The molecule has 110 valence electrons. The zero-order chi connectivity index (χ0) is 14.9. The lowest BCUT2D eigenvalue weighted by Gasteiger charge is -2.35. The molecule has 0 radical (unpaired) electrons. The number of ether oxygens (including phenoxy) is 1. The summed E-state index contributed by atoms with van der Waals surface area (Å²) < 4.78 is 5.59. The Morgan fingerprint density at radius 2 is 1.90 bits per heavy atom. The van der Waals surface area contributed by atoms with Crippen LogP contribution in [0.4, 0.5) is 0 Å². The molecular weight excluding hydrogens is 260 g/mol. The van der Waals surface area contributed by atoms with E-state index in [0.717, 1.165) is 18.8 Å². The lowest BCUT2D eigenvalue weighted by molar-refractivity contribution is 0.351. The number of nitrogens with two attached hydrogens (primary N) is 1. The molecule has 0 saturated carbocycles. The SMILES string of the molecule is CC(C)(c1ccccc1)C(NN)c1ccc2c(c1)CCO2. The molecule has 0 fully saturated rings. The minimum Gasteiger partial charge on any atom is -0.493 e. The maximum atomic E-state index is 5.89. The predicted molar refractivity (Wildman–Crippen MR) is 85.2 cm³/mol. The van der Waals surface area contributed by atoms with E-state index in [9.17, 15) is 0 Å². The minimum absolute atomic E-state index is 0.0470. The fourth-order valence-electron chi connectivity index (χ4n) is 3.14. The molecule has 0 aliphatic carbocycles. The molecule has 2 aromatic carbocycles. The number of hydrogen-bond acceptors (Lipinski definition) is 3. The first-order valence-electron chi connectivity index (χ1n) is 7.40. The first-order valence-corrected chi connectivity index (χ1v) is 7.40. The third-order valence-electron chi connectivity index (χ3n) is 4.45. The van der Waals surface area contributed by atoms with E-state index in [1.54, 1.807) is 0 Å². The van der Waals surface area contributed by atoms with E-state index in [2.05, 4.69) is 61.7 Å². The third kappa shape index (κ3) is 2.55. The van der Waals surface area contributed by atoms with Gasteiger partial charge < -0.3 is 4.74 Å². The van der Waals surface area contributed by atoms with Crippen molar-refractivity contribution in [1.29, 1.82) is 0 Å². The summed E-state index contributed by atoms with van der Waals surface area (Å²) in [6.45, 7) is 5.22. The van der Waals surface area contributed by atoms with Crippen molar-refractivity contribution in [3.63, 3.8) is 0 Å². The van der Waals surface area contributed by atoms with Crippen LogP contribution >= 0.6 is 0 Å². The Balaban J connectivity index is 1.98. The lowest BCUT2D eigenvalue weighted by Crippen LogP contribution is -2.41. The van der Waals surface area contributed by atoms with Crippen LogP contribution in [0, 0.1) is 0 Å². The largest absolute Gasteiger partial charge is 0.493 e. The molecule has 21 heavy (non-hydrogen) atoms. The summed E-state index contributed by atoms with van der Waals surface area (Å²) in [4.78, 5) is 0. The topological polar surface area (TPSA) is 47.3 Å². The fourth-order valence-corrected chi connectivity index (χ4v) is 3.14. The Hall–Kier alpha value is -1.84. The third-order valence-corrected chi connectivity index (χ3v) is 4.45. The van der Waals surface area contributed by atoms with Crippen LogP contribution in [0.25, 0.3) is 0 Å². The van der Waals surface area contributed by atoms with Crippen molar-refractivity contribution >= 4 is 0 Å². The van der Waals surface area contributed by atoms with Gasteiger partial charge in [-0.05, 0) is 22.8 Å². The van der Waals surface area contributed by atoms with Crippen molar-refractivity contribution in [2.24, 2.45) is 5.84 Å². The van der Waals surface area contributed by atoms with Crippen LogP contribution in [0.15, 0.2) is 48.5 Å². The van der Waals surface area contributed by atoms with Gasteiger partial charge in [-0.2, -0.15) is 0 Å². The van der Waals surface area contributed by atoms with Gasteiger partial charge in [-0.25, -0.2) is 0 Å². The second-order valence-electron chi connectivity index (χ2n) is 6.15. The molecule has 2 aromatic rings. The highest BCUT2D eigenvalue weighted by Crippen LogP contribution is 2.38. The van der Waals surface area contributed by atoms with Crippen molar-refractivity contribution in [3.05, 3.63) is 65.2 Å². The van der Waals surface area contributed by atoms with Gasteiger partial charge in [0.25, 0.3) is 0 Å². The molecule has 1 aliphatic heterocycles. The molecule has 0 bridgehead atoms. The van der Waals surface area contributed by atoms with E-state index in [4.69, 9.17) is 10.6 Å². The number of hydrogen-bond donors (Lipinski definition) is 2. The molecule has 0 amide bonds. The average Bonchev–Trinajstić information content (AvgIpc) is 2.96. The number of benzene rings is 2. The highest BCUT2D eigenvalue weighted by Gasteiger charge is 2.32. The van der Waals surface area contributed by atoms with Crippen LogP contribution < -0.4 is 16.0 Å². The zero-order valence-electron chi connectivity index (χ0n) is 12.6. The molecule has 1 heterocycles. The molecule has 1 unspecified atom stereocenters. The lowest BCUT2D eigenvalue weighted by atomic mass is 9.75. The normalized spacial score (nSPS) is 15.4. The van der Waals surface area contributed by atoms with Crippen LogP contribution in [-0.4, -0.2) is 6.61 Å². The molecule has 3 nitrogen and oxygen atoms in total. The number of fused-ring (bicyclic) bond motifs is 1. The number of nitrogens with one attached hydrogen (secondary N) is 1. The van der Waals surface area contributed by atoms with E-state index >= 15 is 0 Å². The quantitative estimate of drug-likeness (QED) is 0.669. The van der Waals surface area contributed by atoms with Gasteiger partial charge in [-0.3, -0.25) is 11.3 Å². The van der Waals surface area contributed by atoms with E-state index in [0.29, 0.717) is 0 Å². The summed E-state index contributed by atoms with van der Waals surface area (Å²) in [5.74, 6) is 6.90. The van der Waals surface area contributed by atoms with Gasteiger partial charge in [-0.1, -0.05) is 56.3 Å². The molecule has 0 aromatic heterocycles. The summed E-state index contributed by atoms with van der Waals surface area (Å²) in [5.41, 5.74) is 6.65. The maximum absolute atomic E-state index is 5.89. The van der Waals surface area contributed by atoms with Crippen molar-refractivity contribution in [1.82, 2.24) is 5.43 Å². The molecule has 1 atom stereocenters. The Bertz CT molecular complexity index is 622. The second-order valence-corrected chi connectivity index (χ2v) is 6.15. The van der Waals surface area contributed by atoms with E-state index in [-0.39, 0.29) is 11.5 Å². The van der Waals surface area contributed by atoms with E-state index in [1.165, 1.54) is 16.7 Å². The number of hydrazine groups is 1. The summed E-state index contributed by atoms with van der Waals surface area (Å²) >= 11 is 0. The summed E-state index contributed by atoms with van der Waals surface area (Å²) in [6.07, 6.45) is 0.978. The highest BCUT2D eigenvalue weighted by molar-refractivity contribution is 5.42.